The summed E-state index contributed by atoms with van der Waals surface area (Å²) in [5, 5.41) is 6.27. The van der Waals surface area contributed by atoms with Crippen LogP contribution in [0.3, 0.4) is 0 Å². The summed E-state index contributed by atoms with van der Waals surface area (Å²) in [7, 11) is 0. The van der Waals surface area contributed by atoms with Gasteiger partial charge in [0.15, 0.2) is 6.10 Å². The van der Waals surface area contributed by atoms with Gasteiger partial charge in [-0.15, -0.1) is 0 Å². The van der Waals surface area contributed by atoms with Crippen molar-refractivity contribution in [2.24, 2.45) is 5.73 Å². The first kappa shape index (κ1) is 20.1. The average Bonchev–Trinajstić information content (AvgIpc) is 2.87. The van der Waals surface area contributed by atoms with Crippen LogP contribution in [0.5, 0.6) is 0 Å². The number of primary amides is 1. The van der Waals surface area contributed by atoms with Gasteiger partial charge in [-0.25, -0.2) is 18.7 Å². The summed E-state index contributed by atoms with van der Waals surface area (Å²) >= 11 is 6.29. The number of benzene rings is 1. The Morgan fingerprint density at radius 1 is 1.33 bits per heavy atom. The van der Waals surface area contributed by atoms with E-state index < -0.39 is 29.8 Å². The second-order valence-electron chi connectivity index (χ2n) is 5.44. The van der Waals surface area contributed by atoms with E-state index in [1.54, 1.807) is 12.2 Å². The molecule has 8 nitrogen and oxygen atoms in total. The molecule has 2 rings (SSSR count). The van der Waals surface area contributed by atoms with Gasteiger partial charge in [-0.3, -0.25) is 10.1 Å². The lowest BCUT2D eigenvalue weighted by molar-refractivity contribution is -0.149. The van der Waals surface area contributed by atoms with Gasteiger partial charge in [0, 0.05) is 11.6 Å². The van der Waals surface area contributed by atoms with Gasteiger partial charge in [-0.2, -0.15) is 5.10 Å². The maximum atomic E-state index is 13.0. The Morgan fingerprint density at radius 2 is 1.96 bits per heavy atom. The zero-order chi connectivity index (χ0) is 20.1. The Balaban J connectivity index is 2.13. The molecule has 0 spiro atoms. The number of urea groups is 1. The molecule has 3 N–H and O–H groups in total. The Kier molecular flexibility index (Phi) is 6.30. The summed E-state index contributed by atoms with van der Waals surface area (Å²) in [4.78, 5) is 33.9. The van der Waals surface area contributed by atoms with E-state index in [0.29, 0.717) is 16.9 Å². The van der Waals surface area contributed by atoms with E-state index in [4.69, 9.17) is 22.1 Å². The van der Waals surface area contributed by atoms with Crippen LogP contribution in [0.4, 0.5) is 9.18 Å². The fourth-order valence-electron chi connectivity index (χ4n) is 2.10. The molecule has 0 fully saturated rings. The molecule has 0 saturated carbocycles. The Morgan fingerprint density at radius 3 is 2.56 bits per heavy atom. The topological polar surface area (TPSA) is 116 Å². The molecule has 0 radical (unpaired) electrons. The zero-order valence-electron chi connectivity index (χ0n) is 14.4. The molecular weight excluding hydrogens is 379 g/mol. The van der Waals surface area contributed by atoms with Crippen LogP contribution in [0.15, 0.2) is 30.3 Å². The van der Waals surface area contributed by atoms with Crippen LogP contribution in [-0.2, 0) is 14.3 Å². The number of nitrogens with zero attached hydrogens (tertiary/aromatic N) is 2. The van der Waals surface area contributed by atoms with Crippen molar-refractivity contribution in [2.75, 3.05) is 0 Å². The second-order valence-corrected chi connectivity index (χ2v) is 5.80. The third kappa shape index (κ3) is 5.14. The highest BCUT2D eigenvalue weighted by atomic mass is 35.5. The summed E-state index contributed by atoms with van der Waals surface area (Å²) in [5.41, 5.74) is 6.34. The summed E-state index contributed by atoms with van der Waals surface area (Å²) < 4.78 is 19.3. The molecule has 1 atom stereocenters. The van der Waals surface area contributed by atoms with Crippen molar-refractivity contribution in [2.45, 2.75) is 20.0 Å². The van der Waals surface area contributed by atoms with Crippen molar-refractivity contribution in [1.29, 1.82) is 0 Å². The summed E-state index contributed by atoms with van der Waals surface area (Å²) in [6.07, 6.45) is 1.23. The average molecular weight is 395 g/mol. The maximum absolute atomic E-state index is 13.0. The standard InChI is InChI=1S/C17H16ClFN4O4/c1-9-13(7-8-14(24)27-10(2)16(25)21-17(20)26)15(18)23(22-9)12-5-3-11(19)4-6-12/h3-8,10H,1-2H3,(H3,20,21,25,26)/b8-7+/t10-/m0/s1. The molecule has 0 unspecified atom stereocenters. The molecule has 0 aliphatic carbocycles. The van der Waals surface area contributed by atoms with Crippen molar-refractivity contribution in [3.63, 3.8) is 0 Å². The normalized spacial score (nSPS) is 12.0. The largest absolute Gasteiger partial charge is 0.449 e. The number of nitrogens with two attached hydrogens (primary N) is 1. The molecule has 1 heterocycles. The Bertz CT molecular complexity index is 908. The van der Waals surface area contributed by atoms with Gasteiger partial charge in [0.05, 0.1) is 11.4 Å². The van der Waals surface area contributed by atoms with E-state index in [1.807, 2.05) is 0 Å². The maximum Gasteiger partial charge on any atom is 0.331 e. The predicted molar refractivity (Wildman–Crippen MR) is 95.6 cm³/mol. The van der Waals surface area contributed by atoms with Crippen LogP contribution in [0.1, 0.15) is 18.2 Å². The van der Waals surface area contributed by atoms with Gasteiger partial charge < -0.3 is 10.5 Å². The number of esters is 1. The highest BCUT2D eigenvalue weighted by molar-refractivity contribution is 6.31. The van der Waals surface area contributed by atoms with Gasteiger partial charge in [-0.1, -0.05) is 11.6 Å². The molecule has 1 aromatic carbocycles. The van der Waals surface area contributed by atoms with Gasteiger partial charge in [0.1, 0.15) is 11.0 Å². The summed E-state index contributed by atoms with van der Waals surface area (Å²) in [5.74, 6) is -2.06. The number of carbonyl (C=O) groups excluding carboxylic acids is 3. The lowest BCUT2D eigenvalue weighted by atomic mass is 10.2. The molecule has 2 aromatic rings. The third-order valence-corrected chi connectivity index (χ3v) is 3.78. The lowest BCUT2D eigenvalue weighted by Crippen LogP contribution is -2.42. The number of amides is 3. The number of carbonyl (C=O) groups is 3. The highest BCUT2D eigenvalue weighted by Crippen LogP contribution is 2.24. The van der Waals surface area contributed by atoms with Crippen LogP contribution < -0.4 is 11.1 Å². The second kappa shape index (κ2) is 8.45. The van der Waals surface area contributed by atoms with Crippen LogP contribution in [0.25, 0.3) is 11.8 Å². The van der Waals surface area contributed by atoms with E-state index >= 15 is 0 Å². The first-order valence-corrected chi connectivity index (χ1v) is 8.07. The Hall–Kier alpha value is -3.20. The molecule has 27 heavy (non-hydrogen) atoms. The minimum absolute atomic E-state index is 0.211. The van der Waals surface area contributed by atoms with E-state index in [9.17, 15) is 18.8 Å². The SMILES string of the molecule is Cc1nn(-c2ccc(F)cc2)c(Cl)c1/C=C/C(=O)O[C@@H](C)C(=O)NC(N)=O. The smallest absolute Gasteiger partial charge is 0.331 e. The highest BCUT2D eigenvalue weighted by Gasteiger charge is 2.18. The third-order valence-electron chi connectivity index (χ3n) is 3.41. The zero-order valence-corrected chi connectivity index (χ0v) is 15.2. The van der Waals surface area contributed by atoms with Crippen LogP contribution in [0.2, 0.25) is 5.15 Å². The van der Waals surface area contributed by atoms with Gasteiger partial charge in [-0.05, 0) is 44.2 Å². The van der Waals surface area contributed by atoms with Gasteiger partial charge in [0.25, 0.3) is 5.91 Å². The molecule has 0 saturated heterocycles. The van der Waals surface area contributed by atoms with Crippen molar-refractivity contribution < 1.29 is 23.5 Å². The van der Waals surface area contributed by atoms with Crippen LogP contribution >= 0.6 is 11.6 Å². The summed E-state index contributed by atoms with van der Waals surface area (Å²) in [6.45, 7) is 2.97. The van der Waals surface area contributed by atoms with E-state index in [1.165, 1.54) is 41.9 Å². The number of hydrogen-bond acceptors (Lipinski definition) is 5. The number of aryl methyl sites for hydroxylation is 1. The number of halogens is 2. The molecule has 0 bridgehead atoms. The number of ether oxygens (including phenoxy) is 1. The molecule has 142 valence electrons. The van der Waals surface area contributed by atoms with Gasteiger partial charge in [0.2, 0.25) is 0 Å². The van der Waals surface area contributed by atoms with Crippen LogP contribution in [-0.4, -0.2) is 33.8 Å². The molecule has 1 aromatic heterocycles. The molecule has 3 amide bonds. The minimum Gasteiger partial charge on any atom is -0.449 e. The van der Waals surface area contributed by atoms with Crippen molar-refractivity contribution in [1.82, 2.24) is 15.1 Å². The van der Waals surface area contributed by atoms with Gasteiger partial charge >= 0.3 is 12.0 Å². The summed E-state index contributed by atoms with van der Waals surface area (Å²) in [6, 6.07) is 4.51. The number of hydrogen-bond donors (Lipinski definition) is 2. The molecular formula is C17H16ClFN4O4. The Labute approximate surface area is 158 Å². The predicted octanol–water partition coefficient (Wildman–Crippen LogP) is 2.11. The van der Waals surface area contributed by atoms with E-state index in [0.717, 1.165) is 6.08 Å². The fourth-order valence-corrected chi connectivity index (χ4v) is 2.43. The number of imide groups is 1. The molecule has 10 heteroatoms. The number of aromatic nitrogens is 2. The lowest BCUT2D eigenvalue weighted by Gasteiger charge is -2.10. The van der Waals surface area contributed by atoms with Crippen molar-refractivity contribution in [3.05, 3.63) is 52.6 Å². The number of nitrogens with one attached hydrogen (secondary N) is 1. The van der Waals surface area contributed by atoms with Crippen molar-refractivity contribution in [3.8, 4) is 5.69 Å². The molecule has 0 aliphatic rings. The minimum atomic E-state index is -1.21. The van der Waals surface area contributed by atoms with E-state index in [2.05, 4.69) is 5.10 Å². The quantitative estimate of drug-likeness (QED) is 0.595. The molecule has 0 aliphatic heterocycles. The fraction of sp³-hybridized carbons (Fsp3) is 0.176. The first-order chi connectivity index (χ1) is 12.7. The van der Waals surface area contributed by atoms with Crippen LogP contribution in [0, 0.1) is 12.7 Å². The monoisotopic (exact) mass is 394 g/mol. The number of rotatable bonds is 5. The van der Waals surface area contributed by atoms with Crippen molar-refractivity contribution >= 4 is 35.6 Å². The first-order valence-electron chi connectivity index (χ1n) is 7.69. The van der Waals surface area contributed by atoms with E-state index in [-0.39, 0.29) is 5.15 Å².